The smallest absolute Gasteiger partial charge is 0.303 e. The lowest BCUT2D eigenvalue weighted by atomic mass is 9.95. The van der Waals surface area contributed by atoms with Gasteiger partial charge in [0, 0.05) is 24.3 Å². The van der Waals surface area contributed by atoms with Crippen LogP contribution in [0.1, 0.15) is 77.6 Å². The first-order valence-corrected chi connectivity index (χ1v) is 10.0. The molecule has 4 nitrogen and oxygen atoms in total. The SMILES string of the molecule is CCCCC/C=C/C=C1/C(=O)C[C@H](O)[C@@H]1C/C=C\CCCCCC(=O)O. The van der Waals surface area contributed by atoms with Gasteiger partial charge in [-0.3, -0.25) is 9.59 Å². The van der Waals surface area contributed by atoms with Gasteiger partial charge < -0.3 is 10.2 Å². The van der Waals surface area contributed by atoms with Crippen molar-refractivity contribution in [2.45, 2.75) is 83.7 Å². The van der Waals surface area contributed by atoms with Gasteiger partial charge in [-0.15, -0.1) is 0 Å². The molecule has 0 spiro atoms. The molecule has 0 aromatic carbocycles. The Bertz CT molecular complexity index is 516. The van der Waals surface area contributed by atoms with Crippen LogP contribution in [0.3, 0.4) is 0 Å². The van der Waals surface area contributed by atoms with Gasteiger partial charge in [0.25, 0.3) is 0 Å². The summed E-state index contributed by atoms with van der Waals surface area (Å²) >= 11 is 0. The molecule has 26 heavy (non-hydrogen) atoms. The van der Waals surface area contributed by atoms with Gasteiger partial charge >= 0.3 is 5.97 Å². The Morgan fingerprint density at radius 3 is 2.54 bits per heavy atom. The summed E-state index contributed by atoms with van der Waals surface area (Å²) in [5.74, 6) is -0.784. The molecule has 0 heterocycles. The zero-order chi connectivity index (χ0) is 19.2. The first-order chi connectivity index (χ1) is 12.6. The standard InChI is InChI=1S/C22H34O4/c1-2-3-4-5-8-11-14-18-19(21(24)17-20(18)23)15-12-9-6-7-10-13-16-22(25)26/h8-9,11-12,14,19,21,24H,2-7,10,13,15-17H2,1H3,(H,25,26)/b11-8+,12-9-,18-14+/t19-,21+/m1/s1. The van der Waals surface area contributed by atoms with E-state index in [1.54, 1.807) is 0 Å². The normalized spacial score (nSPS) is 22.2. The van der Waals surface area contributed by atoms with Gasteiger partial charge in [-0.25, -0.2) is 0 Å². The molecule has 2 atom stereocenters. The molecule has 1 saturated carbocycles. The van der Waals surface area contributed by atoms with Crippen molar-refractivity contribution in [1.82, 2.24) is 0 Å². The summed E-state index contributed by atoms with van der Waals surface area (Å²) in [6, 6.07) is 0. The summed E-state index contributed by atoms with van der Waals surface area (Å²) in [6.45, 7) is 2.18. The molecule has 1 aliphatic rings. The lowest BCUT2D eigenvalue weighted by molar-refractivity contribution is -0.137. The van der Waals surface area contributed by atoms with E-state index in [2.05, 4.69) is 19.1 Å². The minimum absolute atomic E-state index is 0.0581. The van der Waals surface area contributed by atoms with Crippen LogP contribution in [-0.2, 0) is 9.59 Å². The Kier molecular flexibility index (Phi) is 11.6. The summed E-state index contributed by atoms with van der Waals surface area (Å²) in [5.41, 5.74) is 0.746. The quantitative estimate of drug-likeness (QED) is 0.275. The van der Waals surface area contributed by atoms with E-state index in [0.717, 1.165) is 37.7 Å². The molecule has 0 radical (unpaired) electrons. The molecule has 0 amide bonds. The fourth-order valence-electron chi connectivity index (χ4n) is 3.22. The number of aliphatic carboxylic acids is 1. The van der Waals surface area contributed by atoms with E-state index in [1.165, 1.54) is 19.3 Å². The number of rotatable bonds is 13. The Hall–Kier alpha value is -1.68. The van der Waals surface area contributed by atoms with Gasteiger partial charge in [-0.05, 0) is 38.5 Å². The van der Waals surface area contributed by atoms with Crippen LogP contribution in [0.2, 0.25) is 0 Å². The van der Waals surface area contributed by atoms with Gasteiger partial charge in [-0.1, -0.05) is 56.6 Å². The van der Waals surface area contributed by atoms with E-state index in [1.807, 2.05) is 18.2 Å². The highest BCUT2D eigenvalue weighted by Gasteiger charge is 2.35. The number of unbranched alkanes of at least 4 members (excludes halogenated alkanes) is 6. The van der Waals surface area contributed by atoms with Crippen LogP contribution in [0.25, 0.3) is 0 Å². The van der Waals surface area contributed by atoms with Crippen molar-refractivity contribution in [1.29, 1.82) is 0 Å². The van der Waals surface area contributed by atoms with Gasteiger partial charge in [0.15, 0.2) is 5.78 Å². The largest absolute Gasteiger partial charge is 0.481 e. The van der Waals surface area contributed by atoms with Gasteiger partial charge in [-0.2, -0.15) is 0 Å². The Morgan fingerprint density at radius 1 is 1.08 bits per heavy atom. The van der Waals surface area contributed by atoms with Crippen molar-refractivity contribution in [2.24, 2.45) is 5.92 Å². The third-order valence-corrected chi connectivity index (χ3v) is 4.78. The fraction of sp³-hybridized carbons (Fsp3) is 0.636. The number of ketones is 1. The van der Waals surface area contributed by atoms with Crippen molar-refractivity contribution in [3.63, 3.8) is 0 Å². The third kappa shape index (κ3) is 9.14. The van der Waals surface area contributed by atoms with Crippen LogP contribution < -0.4 is 0 Å². The number of hydrogen-bond acceptors (Lipinski definition) is 3. The second-order valence-electron chi connectivity index (χ2n) is 7.05. The molecule has 0 aromatic rings. The first-order valence-electron chi connectivity index (χ1n) is 10.0. The molecule has 1 fully saturated rings. The van der Waals surface area contributed by atoms with E-state index >= 15 is 0 Å². The Morgan fingerprint density at radius 2 is 1.81 bits per heavy atom. The van der Waals surface area contributed by atoms with E-state index < -0.39 is 12.1 Å². The van der Waals surface area contributed by atoms with Crippen LogP contribution in [0.15, 0.2) is 36.0 Å². The van der Waals surface area contributed by atoms with Crippen molar-refractivity contribution < 1.29 is 19.8 Å². The van der Waals surface area contributed by atoms with Gasteiger partial charge in [0.2, 0.25) is 0 Å². The molecule has 1 aliphatic carbocycles. The van der Waals surface area contributed by atoms with Gasteiger partial charge in [0.1, 0.15) is 0 Å². The zero-order valence-corrected chi connectivity index (χ0v) is 16.0. The number of carboxylic acid groups (broad SMARTS) is 1. The minimum Gasteiger partial charge on any atom is -0.481 e. The Balaban J connectivity index is 2.38. The van der Waals surface area contributed by atoms with Crippen LogP contribution >= 0.6 is 0 Å². The number of allylic oxidation sites excluding steroid dienone is 5. The predicted octanol–water partition coefficient (Wildman–Crippen LogP) is 4.98. The maximum atomic E-state index is 12.1. The Labute approximate surface area is 157 Å². The number of carbonyl (C=O) groups excluding carboxylic acids is 1. The van der Waals surface area contributed by atoms with Crippen LogP contribution in [0.4, 0.5) is 0 Å². The van der Waals surface area contributed by atoms with Crippen molar-refractivity contribution in [3.8, 4) is 0 Å². The molecule has 0 aromatic heterocycles. The van der Waals surface area contributed by atoms with E-state index in [0.29, 0.717) is 6.42 Å². The van der Waals surface area contributed by atoms with Crippen molar-refractivity contribution in [2.75, 3.05) is 0 Å². The average molecular weight is 363 g/mol. The molecule has 2 N–H and O–H groups in total. The van der Waals surface area contributed by atoms with Crippen molar-refractivity contribution in [3.05, 3.63) is 36.0 Å². The molecule has 0 aliphatic heterocycles. The summed E-state index contributed by atoms with van der Waals surface area (Å²) in [4.78, 5) is 22.5. The average Bonchev–Trinajstić information content (AvgIpc) is 2.86. The number of aliphatic hydroxyl groups excluding tert-OH is 1. The second-order valence-corrected chi connectivity index (χ2v) is 7.05. The summed E-state index contributed by atoms with van der Waals surface area (Å²) < 4.78 is 0. The molecule has 4 heteroatoms. The van der Waals surface area contributed by atoms with E-state index in [-0.39, 0.29) is 24.5 Å². The summed E-state index contributed by atoms with van der Waals surface area (Å²) in [5, 5.41) is 18.7. The van der Waals surface area contributed by atoms with Gasteiger partial charge in [0.05, 0.1) is 6.10 Å². The second kappa shape index (κ2) is 13.5. The summed E-state index contributed by atoms with van der Waals surface area (Å²) in [7, 11) is 0. The highest BCUT2D eigenvalue weighted by Crippen LogP contribution is 2.31. The van der Waals surface area contributed by atoms with Crippen LogP contribution in [0, 0.1) is 5.92 Å². The summed E-state index contributed by atoms with van der Waals surface area (Å²) in [6.07, 6.45) is 18.8. The highest BCUT2D eigenvalue weighted by atomic mass is 16.4. The first kappa shape index (κ1) is 22.4. The fourth-order valence-corrected chi connectivity index (χ4v) is 3.22. The lowest BCUT2D eigenvalue weighted by Gasteiger charge is -2.12. The molecule has 1 rings (SSSR count). The minimum atomic E-state index is -0.737. The molecular weight excluding hydrogens is 328 g/mol. The van der Waals surface area contributed by atoms with Crippen molar-refractivity contribution >= 4 is 11.8 Å². The number of aliphatic hydroxyl groups is 1. The van der Waals surface area contributed by atoms with Crippen LogP contribution in [-0.4, -0.2) is 28.1 Å². The number of carbonyl (C=O) groups is 2. The number of hydrogen-bond donors (Lipinski definition) is 2. The maximum absolute atomic E-state index is 12.1. The molecule has 146 valence electrons. The number of Topliss-reactive ketones (excluding diaryl/α,β-unsaturated/α-hetero) is 1. The molecule has 0 bridgehead atoms. The number of carboxylic acids is 1. The topological polar surface area (TPSA) is 74.6 Å². The van der Waals surface area contributed by atoms with Crippen LogP contribution in [0.5, 0.6) is 0 Å². The third-order valence-electron chi connectivity index (χ3n) is 4.78. The lowest BCUT2D eigenvalue weighted by Crippen LogP contribution is -2.13. The zero-order valence-electron chi connectivity index (χ0n) is 16.0. The molecule has 0 unspecified atom stereocenters. The highest BCUT2D eigenvalue weighted by molar-refractivity contribution is 5.99. The monoisotopic (exact) mass is 362 g/mol. The molecule has 0 saturated heterocycles. The van der Waals surface area contributed by atoms with E-state index in [9.17, 15) is 14.7 Å². The molecular formula is C22H34O4. The predicted molar refractivity (Wildman–Crippen MR) is 105 cm³/mol. The van der Waals surface area contributed by atoms with E-state index in [4.69, 9.17) is 5.11 Å². The maximum Gasteiger partial charge on any atom is 0.303 e.